The van der Waals surface area contributed by atoms with Crippen molar-refractivity contribution in [3.63, 3.8) is 0 Å². The molecule has 2 N–H and O–H groups in total. The predicted octanol–water partition coefficient (Wildman–Crippen LogP) is 3.14. The van der Waals surface area contributed by atoms with E-state index in [4.69, 9.17) is 14.8 Å². The summed E-state index contributed by atoms with van der Waals surface area (Å²) in [7, 11) is 0. The normalized spacial score (nSPS) is 24.6. The van der Waals surface area contributed by atoms with Crippen LogP contribution in [0.25, 0.3) is 22.1 Å². The Bertz CT molecular complexity index is 1100. The van der Waals surface area contributed by atoms with Crippen molar-refractivity contribution in [1.82, 2.24) is 24.4 Å². The average molecular weight is 413 g/mol. The number of aromatic amines is 1. The highest BCUT2D eigenvalue weighted by atomic mass is 32.2. The predicted molar refractivity (Wildman–Crippen MR) is 111 cm³/mol. The Hall–Kier alpha value is -2.28. The topological polar surface area (TPSA) is 111 Å². The minimum atomic E-state index is -1.80. The Morgan fingerprint density at radius 1 is 1.31 bits per heavy atom. The fourth-order valence-electron chi connectivity index (χ4n) is 5.00. The van der Waals surface area contributed by atoms with Crippen LogP contribution in [-0.2, 0) is 11.1 Å². The molecule has 8 nitrogen and oxygen atoms in total. The molecule has 5 rings (SSSR count). The van der Waals surface area contributed by atoms with Crippen molar-refractivity contribution in [3.05, 3.63) is 24.3 Å². The molecule has 1 saturated heterocycles. The summed E-state index contributed by atoms with van der Waals surface area (Å²) in [4.78, 5) is 14.7. The molecule has 1 saturated carbocycles. The first kappa shape index (κ1) is 18.7. The Balaban J connectivity index is 1.52. The molecule has 1 atom stereocenters. The minimum absolute atomic E-state index is 0.194. The van der Waals surface area contributed by atoms with Gasteiger partial charge in [-0.15, -0.1) is 0 Å². The summed E-state index contributed by atoms with van der Waals surface area (Å²) in [5, 5.41) is 10.1. The molecule has 2 fully saturated rings. The summed E-state index contributed by atoms with van der Waals surface area (Å²) < 4.78 is 22.7. The summed E-state index contributed by atoms with van der Waals surface area (Å²) in [6.45, 7) is 1.51. The molecular weight excluding hydrogens is 388 g/mol. The number of pyridine rings is 1. The SMILES string of the molecule is N#CCC1CCC(n2c(C3CN(CS(=O)O)C3)nc3cnc4[nH]ccc4c32)CC1. The highest BCUT2D eigenvalue weighted by Gasteiger charge is 2.35. The zero-order valence-electron chi connectivity index (χ0n) is 16.1. The molecule has 1 unspecified atom stereocenters. The van der Waals surface area contributed by atoms with E-state index in [-0.39, 0.29) is 11.8 Å². The van der Waals surface area contributed by atoms with Crippen molar-refractivity contribution in [2.45, 2.75) is 44.1 Å². The zero-order valence-corrected chi connectivity index (χ0v) is 16.9. The Labute approximate surface area is 171 Å². The van der Waals surface area contributed by atoms with Gasteiger partial charge >= 0.3 is 0 Å². The van der Waals surface area contributed by atoms with Crippen molar-refractivity contribution in [3.8, 4) is 6.07 Å². The highest BCUT2D eigenvalue weighted by molar-refractivity contribution is 7.79. The van der Waals surface area contributed by atoms with E-state index in [9.17, 15) is 4.21 Å². The molecule has 1 aliphatic carbocycles. The Morgan fingerprint density at radius 3 is 2.83 bits per heavy atom. The third-order valence-electron chi connectivity index (χ3n) is 6.44. The maximum absolute atomic E-state index is 11.1. The molecule has 9 heteroatoms. The number of nitrogens with one attached hydrogen (secondary N) is 1. The quantitative estimate of drug-likeness (QED) is 0.623. The van der Waals surface area contributed by atoms with E-state index in [1.165, 1.54) is 0 Å². The number of nitriles is 1. The lowest BCUT2D eigenvalue weighted by Gasteiger charge is -2.39. The molecule has 152 valence electrons. The van der Waals surface area contributed by atoms with Crippen molar-refractivity contribution < 1.29 is 8.76 Å². The number of fused-ring (bicyclic) bond motifs is 3. The maximum Gasteiger partial charge on any atom is 0.167 e. The lowest BCUT2D eigenvalue weighted by Crippen LogP contribution is -2.47. The lowest BCUT2D eigenvalue weighted by atomic mass is 9.84. The van der Waals surface area contributed by atoms with Gasteiger partial charge in [0.15, 0.2) is 11.1 Å². The second-order valence-electron chi connectivity index (χ2n) is 8.29. The van der Waals surface area contributed by atoms with Crippen LogP contribution in [0.15, 0.2) is 18.5 Å². The van der Waals surface area contributed by atoms with Crippen LogP contribution in [0, 0.1) is 17.2 Å². The summed E-state index contributed by atoms with van der Waals surface area (Å²) in [5.74, 6) is 2.03. The number of aromatic nitrogens is 4. The Kier molecular flexibility index (Phi) is 4.86. The summed E-state index contributed by atoms with van der Waals surface area (Å²) in [6, 6.07) is 4.76. The van der Waals surface area contributed by atoms with Gasteiger partial charge in [-0.3, -0.25) is 4.90 Å². The fourth-order valence-corrected chi connectivity index (χ4v) is 5.52. The summed E-state index contributed by atoms with van der Waals surface area (Å²) in [5.41, 5.74) is 2.92. The summed E-state index contributed by atoms with van der Waals surface area (Å²) >= 11 is -1.80. The zero-order chi connectivity index (χ0) is 20.0. The fraction of sp³-hybridized carbons (Fsp3) is 0.550. The molecule has 0 radical (unpaired) electrons. The monoisotopic (exact) mass is 412 g/mol. The molecule has 2 aliphatic rings. The van der Waals surface area contributed by atoms with Crippen LogP contribution in [0.4, 0.5) is 0 Å². The molecule has 3 aromatic heterocycles. The molecule has 0 aromatic carbocycles. The van der Waals surface area contributed by atoms with Gasteiger partial charge in [0.25, 0.3) is 0 Å². The van der Waals surface area contributed by atoms with Crippen LogP contribution in [-0.4, -0.2) is 52.1 Å². The number of rotatable bonds is 5. The van der Waals surface area contributed by atoms with Gasteiger partial charge < -0.3 is 14.1 Å². The molecule has 4 heterocycles. The number of likely N-dealkylation sites (tertiary alicyclic amines) is 1. The number of imidazole rings is 1. The molecule has 0 bridgehead atoms. The van der Waals surface area contributed by atoms with Gasteiger partial charge in [-0.05, 0) is 37.7 Å². The second kappa shape index (κ2) is 7.52. The number of hydrogen-bond acceptors (Lipinski definition) is 5. The third kappa shape index (κ3) is 3.35. The smallest absolute Gasteiger partial charge is 0.167 e. The summed E-state index contributed by atoms with van der Waals surface area (Å²) in [6.07, 6.45) is 8.64. The van der Waals surface area contributed by atoms with Crippen molar-refractivity contribution in [2.24, 2.45) is 5.92 Å². The molecule has 29 heavy (non-hydrogen) atoms. The minimum Gasteiger partial charge on any atom is -0.346 e. The molecule has 1 aliphatic heterocycles. The van der Waals surface area contributed by atoms with Crippen LogP contribution in [0.5, 0.6) is 0 Å². The lowest BCUT2D eigenvalue weighted by molar-refractivity contribution is 0.162. The number of hydrogen-bond donors (Lipinski definition) is 2. The van der Waals surface area contributed by atoms with Gasteiger partial charge in [-0.2, -0.15) is 5.26 Å². The largest absolute Gasteiger partial charge is 0.346 e. The molecule has 0 spiro atoms. The van der Waals surface area contributed by atoms with Gasteiger partial charge in [0.2, 0.25) is 0 Å². The van der Waals surface area contributed by atoms with E-state index in [0.29, 0.717) is 18.4 Å². The van der Waals surface area contributed by atoms with Gasteiger partial charge in [-0.1, -0.05) is 0 Å². The van der Waals surface area contributed by atoms with E-state index in [1.807, 2.05) is 17.3 Å². The van der Waals surface area contributed by atoms with E-state index in [0.717, 1.165) is 66.7 Å². The van der Waals surface area contributed by atoms with Crippen molar-refractivity contribution in [2.75, 3.05) is 19.0 Å². The number of H-pyrrole nitrogens is 1. The van der Waals surface area contributed by atoms with Crippen molar-refractivity contribution >= 4 is 33.1 Å². The average Bonchev–Trinajstić information content (AvgIpc) is 3.29. The van der Waals surface area contributed by atoms with Crippen LogP contribution in [0.2, 0.25) is 0 Å². The Morgan fingerprint density at radius 2 is 2.10 bits per heavy atom. The first-order chi connectivity index (χ1) is 14.1. The van der Waals surface area contributed by atoms with Crippen LogP contribution >= 0.6 is 0 Å². The van der Waals surface area contributed by atoms with Gasteiger partial charge in [0.1, 0.15) is 22.9 Å². The maximum atomic E-state index is 11.1. The van der Waals surface area contributed by atoms with Gasteiger partial charge in [-0.25, -0.2) is 14.2 Å². The molecule has 0 amide bonds. The van der Waals surface area contributed by atoms with Gasteiger partial charge in [0.05, 0.1) is 17.8 Å². The van der Waals surface area contributed by atoms with Crippen LogP contribution < -0.4 is 0 Å². The number of nitrogens with zero attached hydrogens (tertiary/aromatic N) is 5. The standard InChI is InChI=1S/C20H24N6O2S/c21-7-5-13-1-3-15(4-2-13)26-18-16-6-8-22-19(16)23-9-17(18)24-20(26)14-10-25(11-14)12-29(27)28/h6,8-9,13-15H,1-5,10-12H2,(H,22,23)(H,27,28). The second-order valence-corrected chi connectivity index (χ2v) is 9.19. The van der Waals surface area contributed by atoms with Crippen molar-refractivity contribution in [1.29, 1.82) is 5.26 Å². The van der Waals surface area contributed by atoms with E-state index in [1.54, 1.807) is 0 Å². The van der Waals surface area contributed by atoms with Crippen LogP contribution in [0.1, 0.15) is 49.9 Å². The first-order valence-electron chi connectivity index (χ1n) is 10.1. The molecular formula is C20H24N6O2S. The van der Waals surface area contributed by atoms with E-state index >= 15 is 0 Å². The third-order valence-corrected chi connectivity index (χ3v) is 7.02. The van der Waals surface area contributed by atoms with E-state index < -0.39 is 11.1 Å². The molecule has 3 aromatic rings. The van der Waals surface area contributed by atoms with Gasteiger partial charge in [0, 0.05) is 43.1 Å². The van der Waals surface area contributed by atoms with Crippen LogP contribution in [0.3, 0.4) is 0 Å². The highest BCUT2D eigenvalue weighted by Crippen LogP contribution is 2.40. The first-order valence-corrected chi connectivity index (χ1v) is 11.4. The van der Waals surface area contributed by atoms with E-state index in [2.05, 4.69) is 26.7 Å².